The van der Waals surface area contributed by atoms with Gasteiger partial charge in [0.1, 0.15) is 12.4 Å². The van der Waals surface area contributed by atoms with E-state index in [0.29, 0.717) is 25.9 Å². The van der Waals surface area contributed by atoms with Crippen LogP contribution in [-0.2, 0) is 27.1 Å². The Balaban J connectivity index is 1.37. The number of halogens is 3. The first-order chi connectivity index (χ1) is 20.1. The molecule has 3 amide bonds. The first kappa shape index (κ1) is 31.9. The number of likely N-dealkylation sites (tertiary alicyclic amines) is 1. The van der Waals surface area contributed by atoms with Crippen molar-refractivity contribution in [3.63, 3.8) is 0 Å². The van der Waals surface area contributed by atoms with Gasteiger partial charge in [-0.3, -0.25) is 23.9 Å². The molecule has 3 aromatic rings. The smallest absolute Gasteiger partial charge is 0.350 e. The molecule has 2 aromatic heterocycles. The van der Waals surface area contributed by atoms with Crippen LogP contribution in [0.3, 0.4) is 0 Å². The van der Waals surface area contributed by atoms with Crippen molar-refractivity contribution < 1.29 is 32.3 Å². The van der Waals surface area contributed by atoms with E-state index in [-0.39, 0.29) is 35.4 Å². The van der Waals surface area contributed by atoms with Crippen LogP contribution < -0.4 is 10.6 Å². The average molecular weight is 619 g/mol. The molecular formula is C29H33F3N6O4S. The van der Waals surface area contributed by atoms with Crippen molar-refractivity contribution in [2.24, 2.45) is 5.92 Å². The van der Waals surface area contributed by atoms with Crippen LogP contribution in [0.25, 0.3) is 0 Å². The van der Waals surface area contributed by atoms with Crippen molar-refractivity contribution >= 4 is 40.7 Å². The zero-order chi connectivity index (χ0) is 31.5. The summed E-state index contributed by atoms with van der Waals surface area (Å²) in [6, 6.07) is 9.03. The number of carbonyl (C=O) groups excluding carboxylic acids is 4. The molecule has 1 unspecified atom stereocenters. The minimum absolute atomic E-state index is 0.00564. The molecule has 1 aliphatic rings. The maximum Gasteiger partial charge on any atom is 0.435 e. The number of piperidine rings is 1. The minimum Gasteiger partial charge on any atom is -0.350 e. The third kappa shape index (κ3) is 8.06. The number of nitrogens with one attached hydrogen (secondary N) is 2. The number of ketones is 1. The van der Waals surface area contributed by atoms with E-state index in [1.807, 2.05) is 0 Å². The fourth-order valence-electron chi connectivity index (χ4n) is 4.71. The summed E-state index contributed by atoms with van der Waals surface area (Å²) in [7, 11) is 0. The van der Waals surface area contributed by atoms with Crippen molar-refractivity contribution in [3.05, 3.63) is 63.7 Å². The fourth-order valence-corrected chi connectivity index (χ4v) is 5.63. The van der Waals surface area contributed by atoms with Gasteiger partial charge in [0.25, 0.3) is 0 Å². The molecule has 10 nitrogen and oxygen atoms in total. The van der Waals surface area contributed by atoms with Gasteiger partial charge in [-0.05, 0) is 46.6 Å². The maximum absolute atomic E-state index is 13.2. The molecule has 1 saturated heterocycles. The zero-order valence-electron chi connectivity index (χ0n) is 24.2. The van der Waals surface area contributed by atoms with Crippen LogP contribution in [-0.4, -0.2) is 61.8 Å². The van der Waals surface area contributed by atoms with Crippen molar-refractivity contribution in [2.75, 3.05) is 18.4 Å². The number of Topliss-reactive ketones (excluding diaryl/α,β-unsaturated/α-hetero) is 1. The molecule has 0 spiro atoms. The number of nitrogens with zero attached hydrogens (tertiary/aromatic N) is 4. The SMILES string of the molecule is Cc1cc(C(F)(F)F)nn1CC(=O)N1CCC(c2nc(NC(=O)C(C(=O)NC(C)(C)C)C(=O)c3ccccc3)cs2)CC1. The van der Waals surface area contributed by atoms with Crippen molar-refractivity contribution in [1.82, 2.24) is 25.0 Å². The van der Waals surface area contributed by atoms with Crippen LogP contribution in [0.5, 0.6) is 0 Å². The quantitative estimate of drug-likeness (QED) is 0.284. The van der Waals surface area contributed by atoms with E-state index in [1.54, 1.807) is 61.4 Å². The largest absolute Gasteiger partial charge is 0.435 e. The molecule has 1 fully saturated rings. The Labute approximate surface area is 250 Å². The van der Waals surface area contributed by atoms with Gasteiger partial charge in [0.2, 0.25) is 17.7 Å². The van der Waals surface area contributed by atoms with Crippen LogP contribution in [0, 0.1) is 12.8 Å². The highest BCUT2D eigenvalue weighted by Crippen LogP contribution is 2.32. The van der Waals surface area contributed by atoms with Gasteiger partial charge >= 0.3 is 6.18 Å². The average Bonchev–Trinajstić information content (AvgIpc) is 3.54. The Bertz CT molecular complexity index is 1490. The minimum atomic E-state index is -4.58. The van der Waals surface area contributed by atoms with Gasteiger partial charge in [-0.25, -0.2) is 4.98 Å². The molecule has 1 aromatic carbocycles. The summed E-state index contributed by atoms with van der Waals surface area (Å²) in [5.74, 6) is -3.88. The molecule has 3 heterocycles. The van der Waals surface area contributed by atoms with Gasteiger partial charge in [-0.15, -0.1) is 11.3 Å². The summed E-state index contributed by atoms with van der Waals surface area (Å²) in [5.41, 5.74) is -1.22. The van der Waals surface area contributed by atoms with E-state index in [9.17, 15) is 32.3 Å². The Hall–Kier alpha value is -4.07. The normalized spacial score (nSPS) is 15.2. The lowest BCUT2D eigenvalue weighted by molar-refractivity contribution is -0.142. The molecule has 0 aliphatic carbocycles. The number of rotatable bonds is 8. The van der Waals surface area contributed by atoms with Crippen LogP contribution in [0.2, 0.25) is 0 Å². The molecule has 230 valence electrons. The zero-order valence-corrected chi connectivity index (χ0v) is 25.0. The van der Waals surface area contributed by atoms with Gasteiger partial charge in [0.05, 0.1) is 5.01 Å². The molecule has 0 radical (unpaired) electrons. The van der Waals surface area contributed by atoms with Crippen molar-refractivity contribution in [1.29, 1.82) is 0 Å². The number of hydrogen-bond donors (Lipinski definition) is 2. The standard InChI is InChI=1S/C29H33F3N6O4S/c1-17-14-20(29(30,31)32)36-38(17)15-22(39)37-12-10-19(11-13-37)27-34-21(16-43-27)33-25(41)23(26(42)35-28(2,3)4)24(40)18-8-6-5-7-9-18/h5-9,14,16,19,23H,10-13,15H2,1-4H3,(H,33,41)(H,35,42). The summed E-state index contributed by atoms with van der Waals surface area (Å²) in [6.07, 6.45) is -3.44. The molecule has 43 heavy (non-hydrogen) atoms. The number of aromatic nitrogens is 3. The number of thiazole rings is 1. The van der Waals surface area contributed by atoms with Crippen molar-refractivity contribution in [3.8, 4) is 0 Å². The van der Waals surface area contributed by atoms with E-state index in [1.165, 1.54) is 18.3 Å². The Morgan fingerprint density at radius 3 is 2.28 bits per heavy atom. The van der Waals surface area contributed by atoms with Crippen molar-refractivity contribution in [2.45, 2.75) is 64.7 Å². The molecule has 1 atom stereocenters. The molecule has 1 aliphatic heterocycles. The van der Waals surface area contributed by atoms with Gasteiger partial charge in [0, 0.05) is 41.2 Å². The number of carbonyl (C=O) groups is 4. The van der Waals surface area contributed by atoms with Crippen LogP contribution in [0.4, 0.5) is 19.0 Å². The molecular weight excluding hydrogens is 585 g/mol. The van der Waals surface area contributed by atoms with Crippen LogP contribution in [0.15, 0.2) is 41.8 Å². The summed E-state index contributed by atoms with van der Waals surface area (Å²) in [5, 5.41) is 11.2. The van der Waals surface area contributed by atoms with E-state index in [2.05, 4.69) is 20.7 Å². The fraction of sp³-hybridized carbons (Fsp3) is 0.448. The maximum atomic E-state index is 13.2. The summed E-state index contributed by atoms with van der Waals surface area (Å²) < 4.78 is 39.9. The molecule has 4 rings (SSSR count). The number of anilines is 1. The van der Waals surface area contributed by atoms with E-state index < -0.39 is 40.9 Å². The predicted octanol–water partition coefficient (Wildman–Crippen LogP) is 4.43. The molecule has 0 bridgehead atoms. The lowest BCUT2D eigenvalue weighted by atomic mass is 9.94. The number of amides is 3. The molecule has 2 N–H and O–H groups in total. The highest BCUT2D eigenvalue weighted by atomic mass is 32.1. The lowest BCUT2D eigenvalue weighted by Crippen LogP contribution is -2.49. The summed E-state index contributed by atoms with van der Waals surface area (Å²) in [4.78, 5) is 58.3. The van der Waals surface area contributed by atoms with Crippen LogP contribution in [0.1, 0.15) is 66.3 Å². The first-order valence-corrected chi connectivity index (χ1v) is 14.6. The second-order valence-electron chi connectivity index (χ2n) is 11.4. The summed E-state index contributed by atoms with van der Waals surface area (Å²) >= 11 is 1.32. The van der Waals surface area contributed by atoms with E-state index in [4.69, 9.17) is 0 Å². The number of benzene rings is 1. The highest BCUT2D eigenvalue weighted by molar-refractivity contribution is 7.10. The van der Waals surface area contributed by atoms with Gasteiger partial charge in [-0.2, -0.15) is 18.3 Å². The Morgan fingerprint density at radius 1 is 1.05 bits per heavy atom. The van der Waals surface area contributed by atoms with Gasteiger partial charge in [-0.1, -0.05) is 30.3 Å². The van der Waals surface area contributed by atoms with Crippen LogP contribution >= 0.6 is 11.3 Å². The molecule has 14 heteroatoms. The van der Waals surface area contributed by atoms with E-state index in [0.717, 1.165) is 15.8 Å². The third-order valence-corrected chi connectivity index (χ3v) is 7.88. The Morgan fingerprint density at radius 2 is 1.70 bits per heavy atom. The topological polar surface area (TPSA) is 126 Å². The Kier molecular flexibility index (Phi) is 9.38. The van der Waals surface area contributed by atoms with Gasteiger partial charge in [0.15, 0.2) is 17.4 Å². The predicted molar refractivity (Wildman–Crippen MR) is 153 cm³/mol. The van der Waals surface area contributed by atoms with Gasteiger partial charge < -0.3 is 15.5 Å². The monoisotopic (exact) mass is 618 g/mol. The summed E-state index contributed by atoms with van der Waals surface area (Å²) in [6.45, 7) is 7.21. The lowest BCUT2D eigenvalue weighted by Gasteiger charge is -2.31. The first-order valence-electron chi connectivity index (χ1n) is 13.7. The number of aryl methyl sites for hydroxylation is 1. The van der Waals surface area contributed by atoms with E-state index >= 15 is 0 Å². The second-order valence-corrected chi connectivity index (χ2v) is 12.3. The molecule has 0 saturated carbocycles. The second kappa shape index (κ2) is 12.7. The third-order valence-electron chi connectivity index (χ3n) is 6.87. The number of alkyl halides is 3. The number of hydrogen-bond acceptors (Lipinski definition) is 7. The highest BCUT2D eigenvalue weighted by Gasteiger charge is 2.37.